The van der Waals surface area contributed by atoms with Gasteiger partial charge in [0.25, 0.3) is 0 Å². The highest BCUT2D eigenvalue weighted by atomic mass is 16.5. The maximum atomic E-state index is 10.1. The van der Waals surface area contributed by atoms with Crippen LogP contribution < -0.4 is 4.90 Å². The monoisotopic (exact) mass is 290 g/mol. The summed E-state index contributed by atoms with van der Waals surface area (Å²) in [5.74, 6) is 0.757. The topological polar surface area (TPSA) is 58.7 Å². The van der Waals surface area contributed by atoms with Crippen LogP contribution in [0.1, 0.15) is 17.0 Å². The summed E-state index contributed by atoms with van der Waals surface area (Å²) in [5.41, 5.74) is 2.85. The molecule has 0 bridgehead atoms. The number of anilines is 1. The molecule has 0 spiro atoms. The second kappa shape index (κ2) is 7.24. The van der Waals surface area contributed by atoms with E-state index < -0.39 is 6.10 Å². The minimum absolute atomic E-state index is 0.294. The summed E-state index contributed by atoms with van der Waals surface area (Å²) < 4.78 is 10.7. The third-order valence-corrected chi connectivity index (χ3v) is 3.28. The van der Waals surface area contributed by atoms with Crippen LogP contribution in [0, 0.1) is 13.8 Å². The Kier molecular flexibility index (Phi) is 5.36. The summed E-state index contributed by atoms with van der Waals surface area (Å²) in [5, 5.41) is 14.0. The number of benzene rings is 1. The Morgan fingerprint density at radius 2 is 2.00 bits per heavy atom. The number of nitrogens with zero attached hydrogens (tertiary/aromatic N) is 2. The van der Waals surface area contributed by atoms with Crippen molar-refractivity contribution in [3.63, 3.8) is 0 Å². The molecule has 1 heterocycles. The molecular formula is C16H22N2O3. The number of ether oxygens (including phenoxy) is 1. The molecule has 21 heavy (non-hydrogen) atoms. The van der Waals surface area contributed by atoms with E-state index in [9.17, 15) is 5.11 Å². The van der Waals surface area contributed by atoms with Crippen molar-refractivity contribution in [2.24, 2.45) is 0 Å². The van der Waals surface area contributed by atoms with Crippen LogP contribution in [-0.2, 0) is 11.3 Å². The van der Waals surface area contributed by atoms with Gasteiger partial charge < -0.3 is 19.3 Å². The fourth-order valence-corrected chi connectivity index (χ4v) is 2.37. The van der Waals surface area contributed by atoms with Crippen LogP contribution in [-0.4, -0.2) is 36.6 Å². The van der Waals surface area contributed by atoms with E-state index in [1.54, 1.807) is 0 Å². The highest BCUT2D eigenvalue weighted by Crippen LogP contribution is 2.22. The molecular weight excluding hydrogens is 268 g/mol. The Balaban J connectivity index is 1.78. The summed E-state index contributed by atoms with van der Waals surface area (Å²) in [6, 6.07) is 9.92. The molecule has 114 valence electrons. The number of aliphatic hydroxyl groups excluding tert-OH is 1. The maximum absolute atomic E-state index is 10.1. The van der Waals surface area contributed by atoms with Gasteiger partial charge in [-0.1, -0.05) is 35.5 Å². The van der Waals surface area contributed by atoms with Crippen molar-refractivity contribution in [3.05, 3.63) is 47.3 Å². The summed E-state index contributed by atoms with van der Waals surface area (Å²) in [7, 11) is 1.91. The van der Waals surface area contributed by atoms with Crippen molar-refractivity contribution in [2.45, 2.75) is 26.6 Å². The van der Waals surface area contributed by atoms with Crippen LogP contribution in [0.2, 0.25) is 0 Å². The van der Waals surface area contributed by atoms with Gasteiger partial charge in [-0.25, -0.2) is 0 Å². The number of aromatic nitrogens is 1. The number of aliphatic hydroxyl groups is 1. The van der Waals surface area contributed by atoms with Gasteiger partial charge in [-0.2, -0.15) is 0 Å². The zero-order chi connectivity index (χ0) is 15.2. The molecule has 0 amide bonds. The number of rotatable bonds is 7. The van der Waals surface area contributed by atoms with E-state index in [0.29, 0.717) is 19.8 Å². The molecule has 0 saturated carbocycles. The van der Waals surface area contributed by atoms with E-state index in [1.807, 2.05) is 56.1 Å². The van der Waals surface area contributed by atoms with Gasteiger partial charge in [-0.15, -0.1) is 0 Å². The average Bonchev–Trinajstić information content (AvgIpc) is 2.79. The van der Waals surface area contributed by atoms with E-state index in [4.69, 9.17) is 9.26 Å². The highest BCUT2D eigenvalue weighted by molar-refractivity contribution is 5.52. The third-order valence-electron chi connectivity index (χ3n) is 3.28. The standard InChI is InChI=1S/C16H22N2O3/c1-12-16(13(2)21-17-12)18(3)9-15(19)11-20-10-14-7-5-4-6-8-14/h4-8,15,19H,9-11H2,1-3H3. The smallest absolute Gasteiger partial charge is 0.157 e. The average molecular weight is 290 g/mol. The van der Waals surface area contributed by atoms with Gasteiger partial charge in [0.1, 0.15) is 11.4 Å². The minimum Gasteiger partial charge on any atom is -0.389 e. The van der Waals surface area contributed by atoms with E-state index in [1.165, 1.54) is 0 Å². The van der Waals surface area contributed by atoms with Crippen molar-refractivity contribution >= 4 is 5.69 Å². The lowest BCUT2D eigenvalue weighted by Gasteiger charge is -2.22. The lowest BCUT2D eigenvalue weighted by molar-refractivity contribution is 0.0324. The predicted octanol–water partition coefficient (Wildman–Crippen LogP) is 2.31. The number of aryl methyl sites for hydroxylation is 2. The zero-order valence-electron chi connectivity index (χ0n) is 12.7. The molecule has 0 aliphatic carbocycles. The molecule has 1 aromatic carbocycles. The first-order valence-corrected chi connectivity index (χ1v) is 7.01. The Morgan fingerprint density at radius 1 is 1.29 bits per heavy atom. The molecule has 5 nitrogen and oxygen atoms in total. The fraction of sp³-hybridized carbons (Fsp3) is 0.438. The van der Waals surface area contributed by atoms with Crippen molar-refractivity contribution in [1.29, 1.82) is 0 Å². The zero-order valence-corrected chi connectivity index (χ0v) is 12.7. The number of hydrogen-bond acceptors (Lipinski definition) is 5. The normalized spacial score (nSPS) is 12.4. The van der Waals surface area contributed by atoms with Crippen LogP contribution >= 0.6 is 0 Å². The van der Waals surface area contributed by atoms with Crippen LogP contribution in [0.4, 0.5) is 5.69 Å². The highest BCUT2D eigenvalue weighted by Gasteiger charge is 2.16. The maximum Gasteiger partial charge on any atom is 0.157 e. The predicted molar refractivity (Wildman–Crippen MR) is 81.4 cm³/mol. The van der Waals surface area contributed by atoms with Gasteiger partial charge in [-0.3, -0.25) is 0 Å². The van der Waals surface area contributed by atoms with Gasteiger partial charge in [-0.05, 0) is 19.4 Å². The van der Waals surface area contributed by atoms with E-state index >= 15 is 0 Å². The minimum atomic E-state index is -0.563. The largest absolute Gasteiger partial charge is 0.389 e. The van der Waals surface area contributed by atoms with Crippen LogP contribution in [0.3, 0.4) is 0 Å². The lowest BCUT2D eigenvalue weighted by Crippen LogP contribution is -2.32. The lowest BCUT2D eigenvalue weighted by atomic mass is 10.2. The van der Waals surface area contributed by atoms with Crippen LogP contribution in [0.15, 0.2) is 34.9 Å². The molecule has 0 radical (unpaired) electrons. The van der Waals surface area contributed by atoms with Gasteiger partial charge in [0, 0.05) is 13.6 Å². The van der Waals surface area contributed by atoms with E-state index in [2.05, 4.69) is 5.16 Å². The molecule has 0 saturated heterocycles. The first kappa shape index (κ1) is 15.5. The van der Waals surface area contributed by atoms with Crippen molar-refractivity contribution in [2.75, 3.05) is 25.1 Å². The van der Waals surface area contributed by atoms with Gasteiger partial charge >= 0.3 is 0 Å². The molecule has 0 aliphatic heterocycles. The van der Waals surface area contributed by atoms with Crippen molar-refractivity contribution < 1.29 is 14.4 Å². The summed E-state index contributed by atoms with van der Waals surface area (Å²) in [6.45, 7) is 5.03. The summed E-state index contributed by atoms with van der Waals surface area (Å²) in [4.78, 5) is 1.94. The van der Waals surface area contributed by atoms with E-state index in [-0.39, 0.29) is 0 Å². The first-order valence-electron chi connectivity index (χ1n) is 7.01. The molecule has 0 fully saturated rings. The molecule has 1 N–H and O–H groups in total. The molecule has 2 aromatic rings. The van der Waals surface area contributed by atoms with Gasteiger partial charge in [0.05, 0.1) is 19.3 Å². The number of likely N-dealkylation sites (N-methyl/N-ethyl adjacent to an activating group) is 1. The van der Waals surface area contributed by atoms with Crippen molar-refractivity contribution in [3.8, 4) is 0 Å². The SMILES string of the molecule is Cc1noc(C)c1N(C)CC(O)COCc1ccccc1. The fourth-order valence-electron chi connectivity index (χ4n) is 2.37. The summed E-state index contributed by atoms with van der Waals surface area (Å²) >= 11 is 0. The molecule has 1 unspecified atom stereocenters. The van der Waals surface area contributed by atoms with Gasteiger partial charge in [0.15, 0.2) is 5.76 Å². The quantitative estimate of drug-likeness (QED) is 0.848. The first-order chi connectivity index (χ1) is 10.1. The Labute approximate surface area is 125 Å². The molecule has 0 aliphatic rings. The van der Waals surface area contributed by atoms with Crippen LogP contribution in [0.25, 0.3) is 0 Å². The second-order valence-electron chi connectivity index (χ2n) is 5.21. The molecule has 1 atom stereocenters. The van der Waals surface area contributed by atoms with Crippen molar-refractivity contribution in [1.82, 2.24) is 5.16 Å². The Bertz CT molecular complexity index is 534. The third kappa shape index (κ3) is 4.31. The van der Waals surface area contributed by atoms with Crippen LogP contribution in [0.5, 0.6) is 0 Å². The summed E-state index contributed by atoms with van der Waals surface area (Å²) in [6.07, 6.45) is -0.563. The van der Waals surface area contributed by atoms with Gasteiger partial charge in [0.2, 0.25) is 0 Å². The Hall–Kier alpha value is -1.85. The Morgan fingerprint density at radius 3 is 2.62 bits per heavy atom. The number of hydrogen-bond donors (Lipinski definition) is 1. The van der Waals surface area contributed by atoms with E-state index in [0.717, 1.165) is 22.7 Å². The molecule has 5 heteroatoms. The second-order valence-corrected chi connectivity index (χ2v) is 5.21. The molecule has 1 aromatic heterocycles. The molecule has 2 rings (SSSR count).